The lowest BCUT2D eigenvalue weighted by molar-refractivity contribution is -0.137. The first-order chi connectivity index (χ1) is 14.4. The highest BCUT2D eigenvalue weighted by Gasteiger charge is 2.22. The zero-order valence-electron chi connectivity index (χ0n) is 17.1. The Labute approximate surface area is 179 Å². The Morgan fingerprint density at radius 1 is 1.13 bits per heavy atom. The lowest BCUT2D eigenvalue weighted by Gasteiger charge is -2.20. The van der Waals surface area contributed by atoms with Crippen molar-refractivity contribution >= 4 is 17.5 Å². The molecule has 158 valence electrons. The summed E-state index contributed by atoms with van der Waals surface area (Å²) in [6, 6.07) is 12.1. The monoisotopic (exact) mass is 431 g/mol. The van der Waals surface area contributed by atoms with Crippen LogP contribution in [0.3, 0.4) is 0 Å². The van der Waals surface area contributed by atoms with Crippen molar-refractivity contribution in [2.75, 3.05) is 21.3 Å². The quantitative estimate of drug-likeness (QED) is 0.535. The first-order valence-corrected chi connectivity index (χ1v) is 9.51. The molecule has 30 heavy (non-hydrogen) atoms. The van der Waals surface area contributed by atoms with Crippen LogP contribution < -0.4 is 14.2 Å². The zero-order chi connectivity index (χ0) is 21.7. The summed E-state index contributed by atoms with van der Waals surface area (Å²) in [6.45, 7) is 1.81. The molecule has 1 unspecified atom stereocenters. The van der Waals surface area contributed by atoms with Crippen molar-refractivity contribution in [3.05, 3.63) is 53.4 Å². The largest absolute Gasteiger partial charge is 0.497 e. The number of amides is 1. The number of carbonyl (C=O) groups excluding carboxylic acids is 1. The van der Waals surface area contributed by atoms with Gasteiger partial charge in [0.05, 0.1) is 26.3 Å². The molecule has 3 aromatic rings. The van der Waals surface area contributed by atoms with Gasteiger partial charge < -0.3 is 23.6 Å². The van der Waals surface area contributed by atoms with Gasteiger partial charge in [-0.05, 0) is 43.3 Å². The van der Waals surface area contributed by atoms with E-state index in [1.54, 1.807) is 70.7 Å². The molecule has 0 N–H and O–H groups in total. The van der Waals surface area contributed by atoms with Crippen LogP contribution in [0.25, 0.3) is 11.4 Å². The lowest BCUT2D eigenvalue weighted by atomic mass is 10.2. The molecule has 0 fully saturated rings. The Hall–Kier alpha value is -3.26. The summed E-state index contributed by atoms with van der Waals surface area (Å²) in [6.07, 6.45) is -0.694. The standard InChI is InChI=1S/C21H22ClN3O5/c1-13(29-15-7-5-14(22)6-8-15)21(26)25(2)12-19-23-20(24-30-19)17-10-9-16(27-3)11-18(17)28-4/h5-11,13H,12H2,1-4H3. The zero-order valence-corrected chi connectivity index (χ0v) is 17.8. The van der Waals surface area contributed by atoms with Crippen molar-refractivity contribution in [2.45, 2.75) is 19.6 Å². The Kier molecular flexibility index (Phi) is 6.79. The predicted molar refractivity (Wildman–Crippen MR) is 111 cm³/mol. The normalized spacial score (nSPS) is 11.6. The molecule has 0 radical (unpaired) electrons. The van der Waals surface area contributed by atoms with E-state index in [4.69, 9.17) is 30.3 Å². The molecular weight excluding hydrogens is 410 g/mol. The van der Waals surface area contributed by atoms with E-state index in [-0.39, 0.29) is 18.3 Å². The maximum Gasteiger partial charge on any atom is 0.263 e. The van der Waals surface area contributed by atoms with Gasteiger partial charge >= 0.3 is 0 Å². The van der Waals surface area contributed by atoms with Gasteiger partial charge in [-0.25, -0.2) is 0 Å². The first kappa shape index (κ1) is 21.4. The van der Waals surface area contributed by atoms with Crippen molar-refractivity contribution in [2.24, 2.45) is 0 Å². The smallest absolute Gasteiger partial charge is 0.263 e. The van der Waals surface area contributed by atoms with E-state index in [0.29, 0.717) is 33.7 Å². The van der Waals surface area contributed by atoms with E-state index < -0.39 is 6.10 Å². The number of halogens is 1. The average Bonchev–Trinajstić information content (AvgIpc) is 3.22. The fraction of sp³-hybridized carbons (Fsp3) is 0.286. The van der Waals surface area contributed by atoms with Gasteiger partial charge in [0, 0.05) is 18.1 Å². The molecule has 2 aromatic carbocycles. The summed E-state index contributed by atoms with van der Waals surface area (Å²) < 4.78 is 21.6. The Morgan fingerprint density at radius 3 is 2.50 bits per heavy atom. The van der Waals surface area contributed by atoms with Gasteiger partial charge in [0.25, 0.3) is 5.91 Å². The van der Waals surface area contributed by atoms with Gasteiger partial charge in [0.2, 0.25) is 11.7 Å². The van der Waals surface area contributed by atoms with E-state index in [0.717, 1.165) is 0 Å². The molecule has 9 heteroatoms. The Balaban J connectivity index is 1.66. The summed E-state index contributed by atoms with van der Waals surface area (Å²) >= 11 is 5.86. The number of rotatable bonds is 8. The number of carbonyl (C=O) groups is 1. The molecule has 0 bridgehead atoms. The highest BCUT2D eigenvalue weighted by Crippen LogP contribution is 2.31. The van der Waals surface area contributed by atoms with Crippen LogP contribution in [0.2, 0.25) is 5.02 Å². The number of aromatic nitrogens is 2. The van der Waals surface area contributed by atoms with E-state index in [1.807, 2.05) is 0 Å². The Bertz CT molecular complexity index is 1010. The van der Waals surface area contributed by atoms with Crippen molar-refractivity contribution in [3.8, 4) is 28.6 Å². The molecule has 1 aromatic heterocycles. The van der Waals surface area contributed by atoms with Gasteiger partial charge in [0.15, 0.2) is 6.10 Å². The summed E-state index contributed by atoms with van der Waals surface area (Å²) in [7, 11) is 4.76. The number of nitrogens with zero attached hydrogens (tertiary/aromatic N) is 3. The highest BCUT2D eigenvalue weighted by atomic mass is 35.5. The molecule has 1 atom stereocenters. The summed E-state index contributed by atoms with van der Waals surface area (Å²) in [5.74, 6) is 2.18. The Morgan fingerprint density at radius 2 is 1.83 bits per heavy atom. The fourth-order valence-electron chi connectivity index (χ4n) is 2.77. The number of benzene rings is 2. The summed E-state index contributed by atoms with van der Waals surface area (Å²) in [4.78, 5) is 18.5. The molecule has 0 saturated heterocycles. The molecule has 1 heterocycles. The number of likely N-dealkylation sites (N-methyl/N-ethyl adjacent to an activating group) is 1. The minimum Gasteiger partial charge on any atom is -0.497 e. The van der Waals surface area contributed by atoms with Crippen molar-refractivity contribution < 1.29 is 23.5 Å². The van der Waals surface area contributed by atoms with Crippen LogP contribution >= 0.6 is 11.6 Å². The van der Waals surface area contributed by atoms with E-state index in [2.05, 4.69) is 10.1 Å². The third-order valence-electron chi connectivity index (χ3n) is 4.34. The van der Waals surface area contributed by atoms with E-state index >= 15 is 0 Å². The van der Waals surface area contributed by atoms with E-state index in [9.17, 15) is 4.79 Å². The number of methoxy groups -OCH3 is 2. The maximum absolute atomic E-state index is 12.6. The molecule has 3 rings (SSSR count). The van der Waals surface area contributed by atoms with Gasteiger partial charge in [0.1, 0.15) is 17.2 Å². The van der Waals surface area contributed by atoms with Gasteiger partial charge in [-0.2, -0.15) is 4.98 Å². The van der Waals surface area contributed by atoms with Crippen LogP contribution in [-0.2, 0) is 11.3 Å². The van der Waals surface area contributed by atoms with E-state index in [1.165, 1.54) is 4.90 Å². The van der Waals surface area contributed by atoms with Crippen molar-refractivity contribution in [1.82, 2.24) is 15.0 Å². The number of hydrogen-bond donors (Lipinski definition) is 0. The molecule has 0 aliphatic carbocycles. The number of hydrogen-bond acceptors (Lipinski definition) is 7. The number of ether oxygens (including phenoxy) is 3. The highest BCUT2D eigenvalue weighted by molar-refractivity contribution is 6.30. The van der Waals surface area contributed by atoms with Crippen LogP contribution in [0.5, 0.6) is 17.2 Å². The molecular formula is C21H22ClN3O5. The van der Waals surface area contributed by atoms with Crippen LogP contribution in [0.15, 0.2) is 47.0 Å². The minimum atomic E-state index is -0.694. The summed E-state index contributed by atoms with van der Waals surface area (Å²) in [5, 5.41) is 4.59. The van der Waals surface area contributed by atoms with Crippen LogP contribution in [-0.4, -0.2) is 48.3 Å². The van der Waals surface area contributed by atoms with Gasteiger partial charge in [-0.15, -0.1) is 0 Å². The third-order valence-corrected chi connectivity index (χ3v) is 4.59. The molecule has 0 aliphatic heterocycles. The molecule has 0 saturated carbocycles. The molecule has 8 nitrogen and oxygen atoms in total. The average molecular weight is 432 g/mol. The third kappa shape index (κ3) is 5.01. The maximum atomic E-state index is 12.6. The lowest BCUT2D eigenvalue weighted by Crippen LogP contribution is -2.37. The topological polar surface area (TPSA) is 86.9 Å². The van der Waals surface area contributed by atoms with Crippen LogP contribution in [0.1, 0.15) is 12.8 Å². The fourth-order valence-corrected chi connectivity index (χ4v) is 2.90. The SMILES string of the molecule is COc1ccc(-c2noc(CN(C)C(=O)C(C)Oc3ccc(Cl)cc3)n2)c(OC)c1. The second kappa shape index (κ2) is 9.49. The molecule has 0 spiro atoms. The minimum absolute atomic E-state index is 0.138. The van der Waals surface area contributed by atoms with Gasteiger partial charge in [-0.3, -0.25) is 4.79 Å². The molecule has 0 aliphatic rings. The second-order valence-corrected chi connectivity index (χ2v) is 6.92. The van der Waals surface area contributed by atoms with Crippen LogP contribution in [0, 0.1) is 0 Å². The van der Waals surface area contributed by atoms with Crippen molar-refractivity contribution in [3.63, 3.8) is 0 Å². The molecule has 1 amide bonds. The first-order valence-electron chi connectivity index (χ1n) is 9.13. The predicted octanol–water partition coefficient (Wildman–Crippen LogP) is 3.83. The van der Waals surface area contributed by atoms with Gasteiger partial charge in [-0.1, -0.05) is 16.8 Å². The second-order valence-electron chi connectivity index (χ2n) is 6.49. The van der Waals surface area contributed by atoms with Crippen molar-refractivity contribution in [1.29, 1.82) is 0 Å². The van der Waals surface area contributed by atoms with Crippen LogP contribution in [0.4, 0.5) is 0 Å². The summed E-state index contributed by atoms with van der Waals surface area (Å²) in [5.41, 5.74) is 0.654.